The molecule has 1 saturated heterocycles. The Kier molecular flexibility index (Phi) is 4.34. The number of benzene rings is 2. The fourth-order valence-corrected chi connectivity index (χ4v) is 3.72. The van der Waals surface area contributed by atoms with Gasteiger partial charge >= 0.3 is 0 Å². The second kappa shape index (κ2) is 6.67. The summed E-state index contributed by atoms with van der Waals surface area (Å²) in [6, 6.07) is 17.3. The minimum Gasteiger partial charge on any atom is -0.385 e. The van der Waals surface area contributed by atoms with Crippen LogP contribution in [0.4, 0.5) is 0 Å². The van der Waals surface area contributed by atoms with Crippen LogP contribution < -0.4 is 5.56 Å². The zero-order chi connectivity index (χ0) is 18.1. The first kappa shape index (κ1) is 16.9. The van der Waals surface area contributed by atoms with Gasteiger partial charge in [0, 0.05) is 20.1 Å². The molecule has 4 rings (SSSR count). The Hall–Kier alpha value is -2.50. The molecule has 0 atom stereocenters. The van der Waals surface area contributed by atoms with Crippen molar-refractivity contribution in [2.24, 2.45) is 7.05 Å². The third-order valence-corrected chi connectivity index (χ3v) is 5.44. The van der Waals surface area contributed by atoms with Crippen LogP contribution in [-0.4, -0.2) is 32.6 Å². The highest BCUT2D eigenvalue weighted by atomic mass is 16.3. The average Bonchev–Trinajstić information content (AvgIpc) is 2.68. The highest BCUT2D eigenvalue weighted by Gasteiger charge is 2.34. The standard InChI is InChI=1S/C21H23N3O2/c1-23-19(22-18-10-6-5-9-17(18)20(23)25)15-24-13-11-21(26,12-14-24)16-7-3-2-4-8-16/h2-10,26H,11-15H2,1H3. The summed E-state index contributed by atoms with van der Waals surface area (Å²) in [5.41, 5.74) is 0.947. The number of fused-ring (bicyclic) bond motifs is 1. The fourth-order valence-electron chi connectivity index (χ4n) is 3.72. The largest absolute Gasteiger partial charge is 0.385 e. The predicted octanol–water partition coefficient (Wildman–Crippen LogP) is 2.42. The van der Waals surface area contributed by atoms with Crippen LogP contribution in [0.3, 0.4) is 0 Å². The maximum atomic E-state index is 12.5. The summed E-state index contributed by atoms with van der Waals surface area (Å²) in [4.78, 5) is 19.5. The molecule has 3 aromatic rings. The fraction of sp³-hybridized carbons (Fsp3) is 0.333. The van der Waals surface area contributed by atoms with Crippen LogP contribution >= 0.6 is 0 Å². The van der Waals surface area contributed by atoms with Crippen LogP contribution in [0.25, 0.3) is 10.9 Å². The van der Waals surface area contributed by atoms with Crippen molar-refractivity contribution in [3.05, 3.63) is 76.3 Å². The van der Waals surface area contributed by atoms with Crippen molar-refractivity contribution in [3.63, 3.8) is 0 Å². The van der Waals surface area contributed by atoms with Crippen LogP contribution in [0, 0.1) is 0 Å². The summed E-state index contributed by atoms with van der Waals surface area (Å²) < 4.78 is 1.64. The van der Waals surface area contributed by atoms with E-state index < -0.39 is 5.60 Å². The predicted molar refractivity (Wildman–Crippen MR) is 102 cm³/mol. The first-order valence-electron chi connectivity index (χ1n) is 9.02. The zero-order valence-corrected chi connectivity index (χ0v) is 14.9. The maximum absolute atomic E-state index is 12.5. The Morgan fingerprint density at radius 3 is 2.42 bits per heavy atom. The van der Waals surface area contributed by atoms with Crippen molar-refractivity contribution < 1.29 is 5.11 Å². The normalized spacial score (nSPS) is 17.5. The number of likely N-dealkylation sites (tertiary alicyclic amines) is 1. The number of para-hydroxylation sites is 1. The second-order valence-corrected chi connectivity index (χ2v) is 7.08. The van der Waals surface area contributed by atoms with E-state index in [0.29, 0.717) is 24.8 Å². The van der Waals surface area contributed by atoms with Crippen molar-refractivity contribution in [1.82, 2.24) is 14.5 Å². The Morgan fingerprint density at radius 1 is 1.04 bits per heavy atom. The van der Waals surface area contributed by atoms with Gasteiger partial charge in [-0.05, 0) is 30.5 Å². The molecule has 2 heterocycles. The van der Waals surface area contributed by atoms with Gasteiger partial charge in [-0.15, -0.1) is 0 Å². The number of aliphatic hydroxyl groups is 1. The zero-order valence-electron chi connectivity index (χ0n) is 14.9. The molecular formula is C21H23N3O2. The molecule has 5 heteroatoms. The Labute approximate surface area is 152 Å². The van der Waals surface area contributed by atoms with Gasteiger partial charge in [-0.25, -0.2) is 4.98 Å². The van der Waals surface area contributed by atoms with Gasteiger partial charge in [0.1, 0.15) is 5.82 Å². The molecule has 2 aromatic carbocycles. The number of hydrogen-bond acceptors (Lipinski definition) is 4. The van der Waals surface area contributed by atoms with Gasteiger partial charge in [-0.2, -0.15) is 0 Å². The molecule has 5 nitrogen and oxygen atoms in total. The van der Waals surface area contributed by atoms with E-state index in [1.54, 1.807) is 11.6 Å². The molecule has 0 spiro atoms. The van der Waals surface area contributed by atoms with Crippen LogP contribution in [0.2, 0.25) is 0 Å². The number of nitrogens with zero attached hydrogens (tertiary/aromatic N) is 3. The Morgan fingerprint density at radius 2 is 1.69 bits per heavy atom. The van der Waals surface area contributed by atoms with Crippen molar-refractivity contribution in [3.8, 4) is 0 Å². The van der Waals surface area contributed by atoms with E-state index in [1.807, 2.05) is 54.6 Å². The lowest BCUT2D eigenvalue weighted by Gasteiger charge is -2.38. The van der Waals surface area contributed by atoms with Gasteiger partial charge in [-0.1, -0.05) is 42.5 Å². The van der Waals surface area contributed by atoms with Gasteiger partial charge < -0.3 is 5.11 Å². The smallest absolute Gasteiger partial charge is 0.261 e. The number of piperidine rings is 1. The lowest BCUT2D eigenvalue weighted by atomic mass is 9.84. The summed E-state index contributed by atoms with van der Waals surface area (Å²) >= 11 is 0. The lowest BCUT2D eigenvalue weighted by Crippen LogP contribution is -2.43. The number of aromatic nitrogens is 2. The minimum absolute atomic E-state index is 0.0107. The maximum Gasteiger partial charge on any atom is 0.261 e. The number of rotatable bonds is 3. The Bertz CT molecular complexity index is 973. The molecule has 26 heavy (non-hydrogen) atoms. The van der Waals surface area contributed by atoms with E-state index in [0.717, 1.165) is 30.0 Å². The molecular weight excluding hydrogens is 326 g/mol. The molecule has 0 bridgehead atoms. The van der Waals surface area contributed by atoms with E-state index in [-0.39, 0.29) is 5.56 Å². The van der Waals surface area contributed by atoms with Gasteiger partial charge in [0.05, 0.1) is 23.0 Å². The van der Waals surface area contributed by atoms with E-state index in [1.165, 1.54) is 0 Å². The first-order valence-corrected chi connectivity index (χ1v) is 9.02. The van der Waals surface area contributed by atoms with Crippen molar-refractivity contribution >= 4 is 10.9 Å². The van der Waals surface area contributed by atoms with E-state index in [9.17, 15) is 9.90 Å². The molecule has 1 aliphatic rings. The highest BCUT2D eigenvalue weighted by Crippen LogP contribution is 2.32. The van der Waals surface area contributed by atoms with Crippen LogP contribution in [0.1, 0.15) is 24.2 Å². The first-order chi connectivity index (χ1) is 12.6. The molecule has 134 valence electrons. The molecule has 1 aromatic heterocycles. The molecule has 1 aliphatic heterocycles. The molecule has 0 aliphatic carbocycles. The second-order valence-electron chi connectivity index (χ2n) is 7.08. The van der Waals surface area contributed by atoms with Crippen LogP contribution in [0.15, 0.2) is 59.4 Å². The SMILES string of the molecule is Cn1c(CN2CCC(O)(c3ccccc3)CC2)nc2ccccc2c1=O. The summed E-state index contributed by atoms with van der Waals surface area (Å²) in [5, 5.41) is 11.6. The van der Waals surface area contributed by atoms with Crippen LogP contribution in [-0.2, 0) is 19.2 Å². The third kappa shape index (κ3) is 3.04. The molecule has 0 unspecified atom stereocenters. The average molecular weight is 349 g/mol. The summed E-state index contributed by atoms with van der Waals surface area (Å²) in [6.45, 7) is 2.16. The summed E-state index contributed by atoms with van der Waals surface area (Å²) in [6.07, 6.45) is 1.36. The van der Waals surface area contributed by atoms with Gasteiger partial charge in [0.15, 0.2) is 0 Å². The molecule has 1 fully saturated rings. The lowest BCUT2D eigenvalue weighted by molar-refractivity contribution is -0.0284. The topological polar surface area (TPSA) is 58.4 Å². The minimum atomic E-state index is -0.763. The third-order valence-electron chi connectivity index (χ3n) is 5.44. The van der Waals surface area contributed by atoms with E-state index >= 15 is 0 Å². The van der Waals surface area contributed by atoms with Crippen LogP contribution in [0.5, 0.6) is 0 Å². The van der Waals surface area contributed by atoms with E-state index in [2.05, 4.69) is 9.88 Å². The Balaban J connectivity index is 1.52. The molecule has 0 amide bonds. The molecule has 0 saturated carbocycles. The van der Waals surface area contributed by atoms with Gasteiger partial charge in [0.2, 0.25) is 0 Å². The summed E-state index contributed by atoms with van der Waals surface area (Å²) in [7, 11) is 1.78. The van der Waals surface area contributed by atoms with Gasteiger partial charge in [0.25, 0.3) is 5.56 Å². The quantitative estimate of drug-likeness (QED) is 0.789. The number of hydrogen-bond donors (Lipinski definition) is 1. The molecule has 1 N–H and O–H groups in total. The molecule has 0 radical (unpaired) electrons. The van der Waals surface area contributed by atoms with Crippen molar-refractivity contribution in [2.45, 2.75) is 25.0 Å². The van der Waals surface area contributed by atoms with Gasteiger partial charge in [-0.3, -0.25) is 14.3 Å². The summed E-state index contributed by atoms with van der Waals surface area (Å²) in [5.74, 6) is 0.763. The van der Waals surface area contributed by atoms with Crippen molar-refractivity contribution in [2.75, 3.05) is 13.1 Å². The monoisotopic (exact) mass is 349 g/mol. The van der Waals surface area contributed by atoms with E-state index in [4.69, 9.17) is 0 Å². The highest BCUT2D eigenvalue weighted by molar-refractivity contribution is 5.77. The van der Waals surface area contributed by atoms with Crippen molar-refractivity contribution in [1.29, 1.82) is 0 Å².